The second-order valence-corrected chi connectivity index (χ2v) is 8.40. The van der Waals surface area contributed by atoms with Crippen LogP contribution in [0.1, 0.15) is 55.2 Å². The molecule has 1 amide bonds. The zero-order valence-corrected chi connectivity index (χ0v) is 16.8. The molecule has 1 aromatic carbocycles. The Bertz CT molecular complexity index is 723. The summed E-state index contributed by atoms with van der Waals surface area (Å²) in [6.07, 6.45) is 3.57. The summed E-state index contributed by atoms with van der Waals surface area (Å²) in [5.41, 5.74) is 5.43. The molecule has 4 nitrogen and oxygen atoms in total. The summed E-state index contributed by atoms with van der Waals surface area (Å²) in [4.78, 5) is 20.1. The lowest BCUT2D eigenvalue weighted by molar-refractivity contribution is -0.132. The monoisotopic (exact) mass is 371 g/mol. The van der Waals surface area contributed by atoms with Crippen LogP contribution in [0.4, 0.5) is 5.69 Å². The predicted octanol–water partition coefficient (Wildman–Crippen LogP) is 4.61. The number of rotatable bonds is 6. The van der Waals surface area contributed by atoms with Gasteiger partial charge < -0.3 is 10.2 Å². The molecule has 1 aromatic heterocycles. The molecule has 26 heavy (non-hydrogen) atoms. The maximum Gasteiger partial charge on any atom is 0.223 e. The molecule has 1 saturated heterocycles. The number of hydrogen-bond acceptors (Lipinski definition) is 4. The lowest BCUT2D eigenvalue weighted by Crippen LogP contribution is -2.45. The normalized spacial score (nSPS) is 17.5. The van der Waals surface area contributed by atoms with E-state index < -0.39 is 0 Å². The van der Waals surface area contributed by atoms with Crippen LogP contribution in [0.25, 0.3) is 0 Å². The number of aryl methyl sites for hydroxylation is 2. The van der Waals surface area contributed by atoms with Gasteiger partial charge in [-0.15, -0.1) is 11.3 Å². The Hall–Kier alpha value is -1.88. The van der Waals surface area contributed by atoms with Gasteiger partial charge >= 0.3 is 0 Å². The molecule has 0 aliphatic carbocycles. The van der Waals surface area contributed by atoms with Crippen molar-refractivity contribution in [3.8, 4) is 0 Å². The quantitative estimate of drug-likeness (QED) is 0.806. The van der Waals surface area contributed by atoms with Crippen LogP contribution in [0.15, 0.2) is 29.8 Å². The first-order valence-electron chi connectivity index (χ1n) is 9.56. The molecule has 1 aliphatic rings. The molecule has 5 heteroatoms. The van der Waals surface area contributed by atoms with Crippen molar-refractivity contribution in [2.75, 3.05) is 18.4 Å². The topological polar surface area (TPSA) is 45.2 Å². The summed E-state index contributed by atoms with van der Waals surface area (Å²) in [5.74, 6) is 0.813. The van der Waals surface area contributed by atoms with Crippen LogP contribution in [0.3, 0.4) is 0 Å². The SMILES string of the molecule is Cc1ncsc1CCC(=O)N1CCC[C@H](Nc2ccc(C(C)C)cc2)C1. The third-order valence-electron chi connectivity index (χ3n) is 5.13. The Morgan fingerprint density at radius 3 is 2.77 bits per heavy atom. The first-order valence-corrected chi connectivity index (χ1v) is 10.4. The molecule has 140 valence electrons. The zero-order chi connectivity index (χ0) is 18.5. The van der Waals surface area contributed by atoms with E-state index >= 15 is 0 Å². The number of benzene rings is 1. The van der Waals surface area contributed by atoms with E-state index in [0.29, 0.717) is 18.4 Å². The van der Waals surface area contributed by atoms with Gasteiger partial charge in [-0.1, -0.05) is 26.0 Å². The number of amides is 1. The maximum atomic E-state index is 12.6. The molecule has 0 spiro atoms. The molecule has 0 saturated carbocycles. The second-order valence-electron chi connectivity index (χ2n) is 7.46. The standard InChI is InChI=1S/C21H29N3OS/c1-15(2)17-6-8-18(9-7-17)23-19-5-4-12-24(13-19)21(25)11-10-20-16(3)22-14-26-20/h6-9,14-15,19,23H,4-5,10-13H2,1-3H3/t19-/m0/s1. The van der Waals surface area contributed by atoms with Gasteiger partial charge in [0.15, 0.2) is 0 Å². The third kappa shape index (κ3) is 4.85. The lowest BCUT2D eigenvalue weighted by Gasteiger charge is -2.34. The Kier molecular flexibility index (Phi) is 6.30. The van der Waals surface area contributed by atoms with E-state index in [1.165, 1.54) is 10.4 Å². The molecule has 0 unspecified atom stereocenters. The summed E-state index contributed by atoms with van der Waals surface area (Å²) >= 11 is 1.65. The Balaban J connectivity index is 1.51. The maximum absolute atomic E-state index is 12.6. The van der Waals surface area contributed by atoms with Gasteiger partial charge in [0.05, 0.1) is 11.2 Å². The first kappa shape index (κ1) is 18.9. The average molecular weight is 372 g/mol. The third-order valence-corrected chi connectivity index (χ3v) is 6.13. The van der Waals surface area contributed by atoms with Crippen LogP contribution >= 0.6 is 11.3 Å². The summed E-state index contributed by atoms with van der Waals surface area (Å²) in [7, 11) is 0. The van der Waals surface area contributed by atoms with Gasteiger partial charge in [0.25, 0.3) is 0 Å². The number of carbonyl (C=O) groups is 1. The molecule has 0 bridgehead atoms. The molecule has 0 radical (unpaired) electrons. The molecule has 1 atom stereocenters. The van der Waals surface area contributed by atoms with Gasteiger partial charge in [-0.3, -0.25) is 4.79 Å². The minimum absolute atomic E-state index is 0.263. The molecular weight excluding hydrogens is 342 g/mol. The van der Waals surface area contributed by atoms with Crippen molar-refractivity contribution in [1.82, 2.24) is 9.88 Å². The number of aromatic nitrogens is 1. The smallest absolute Gasteiger partial charge is 0.223 e. The zero-order valence-electron chi connectivity index (χ0n) is 16.0. The molecular formula is C21H29N3OS. The molecule has 1 N–H and O–H groups in total. The minimum Gasteiger partial charge on any atom is -0.381 e. The Morgan fingerprint density at radius 2 is 2.12 bits per heavy atom. The van der Waals surface area contributed by atoms with Crippen LogP contribution in [-0.2, 0) is 11.2 Å². The highest BCUT2D eigenvalue weighted by Gasteiger charge is 2.23. The molecule has 3 rings (SSSR count). The van der Waals surface area contributed by atoms with Crippen molar-refractivity contribution in [2.24, 2.45) is 0 Å². The molecule has 2 heterocycles. The van der Waals surface area contributed by atoms with Crippen molar-refractivity contribution in [3.05, 3.63) is 45.9 Å². The second kappa shape index (κ2) is 8.67. The van der Waals surface area contributed by atoms with Crippen molar-refractivity contribution in [3.63, 3.8) is 0 Å². The van der Waals surface area contributed by atoms with Crippen molar-refractivity contribution < 1.29 is 4.79 Å². The number of nitrogens with one attached hydrogen (secondary N) is 1. The predicted molar refractivity (Wildman–Crippen MR) is 109 cm³/mol. The van der Waals surface area contributed by atoms with E-state index in [9.17, 15) is 4.79 Å². The lowest BCUT2D eigenvalue weighted by atomic mass is 10.0. The summed E-state index contributed by atoms with van der Waals surface area (Å²) in [6.45, 7) is 8.11. The summed E-state index contributed by atoms with van der Waals surface area (Å²) in [6, 6.07) is 9.03. The number of thiazole rings is 1. The van der Waals surface area contributed by atoms with E-state index in [-0.39, 0.29) is 5.91 Å². The van der Waals surface area contributed by atoms with Crippen LogP contribution in [-0.4, -0.2) is 34.9 Å². The highest BCUT2D eigenvalue weighted by atomic mass is 32.1. The number of hydrogen-bond donors (Lipinski definition) is 1. The van der Waals surface area contributed by atoms with Crippen LogP contribution in [0.5, 0.6) is 0 Å². The van der Waals surface area contributed by atoms with Gasteiger partial charge in [-0.05, 0) is 49.8 Å². The summed E-state index contributed by atoms with van der Waals surface area (Å²) in [5, 5.41) is 3.61. The summed E-state index contributed by atoms with van der Waals surface area (Å²) < 4.78 is 0. The average Bonchev–Trinajstić information content (AvgIpc) is 3.05. The fourth-order valence-corrected chi connectivity index (χ4v) is 4.25. The van der Waals surface area contributed by atoms with Crippen LogP contribution in [0, 0.1) is 6.92 Å². The first-order chi connectivity index (χ1) is 12.5. The fourth-order valence-electron chi connectivity index (χ4n) is 3.47. The van der Waals surface area contributed by atoms with Crippen molar-refractivity contribution >= 4 is 22.9 Å². The minimum atomic E-state index is 0.263. The number of nitrogens with zero attached hydrogens (tertiary/aromatic N) is 2. The van der Waals surface area contributed by atoms with Crippen molar-refractivity contribution in [1.29, 1.82) is 0 Å². The van der Waals surface area contributed by atoms with Gasteiger partial charge in [-0.2, -0.15) is 0 Å². The highest BCUT2D eigenvalue weighted by Crippen LogP contribution is 2.21. The van der Waals surface area contributed by atoms with E-state index in [1.807, 2.05) is 17.3 Å². The van der Waals surface area contributed by atoms with Crippen LogP contribution in [0.2, 0.25) is 0 Å². The molecule has 2 aromatic rings. The Morgan fingerprint density at radius 1 is 1.35 bits per heavy atom. The molecule has 1 fully saturated rings. The largest absolute Gasteiger partial charge is 0.381 e. The highest BCUT2D eigenvalue weighted by molar-refractivity contribution is 7.09. The fraction of sp³-hybridized carbons (Fsp3) is 0.524. The number of carbonyl (C=O) groups excluding carboxylic acids is 1. The van der Waals surface area contributed by atoms with Gasteiger partial charge in [0.1, 0.15) is 0 Å². The van der Waals surface area contributed by atoms with E-state index in [2.05, 4.69) is 48.4 Å². The van der Waals surface area contributed by atoms with Gasteiger partial charge in [0, 0.05) is 36.1 Å². The van der Waals surface area contributed by atoms with Crippen molar-refractivity contribution in [2.45, 2.75) is 58.4 Å². The number of likely N-dealkylation sites (tertiary alicyclic amines) is 1. The van der Waals surface area contributed by atoms with E-state index in [0.717, 1.165) is 43.7 Å². The van der Waals surface area contributed by atoms with E-state index in [1.54, 1.807) is 11.3 Å². The molecule has 1 aliphatic heterocycles. The number of piperidine rings is 1. The van der Waals surface area contributed by atoms with Gasteiger partial charge in [-0.25, -0.2) is 4.98 Å². The Labute approximate surface area is 160 Å². The van der Waals surface area contributed by atoms with Crippen LogP contribution < -0.4 is 5.32 Å². The number of anilines is 1. The van der Waals surface area contributed by atoms with E-state index in [4.69, 9.17) is 0 Å². The van der Waals surface area contributed by atoms with Gasteiger partial charge in [0.2, 0.25) is 5.91 Å².